The van der Waals surface area contributed by atoms with Crippen molar-refractivity contribution < 1.29 is 13.2 Å². The Morgan fingerprint density at radius 2 is 1.87 bits per heavy atom. The van der Waals surface area contributed by atoms with Gasteiger partial charge in [0.15, 0.2) is 0 Å². The number of carbonyl (C=O) groups is 1. The standard InChI is InChI=1S/C17H26N2O3S/c1-12-6-5-7-19(11-12)16(20)10-18-23(21,22)17-14(3)8-13(2)9-15(17)4/h8-9,12,18H,5-7,10-11H2,1-4H3. The van der Waals surface area contributed by atoms with Gasteiger partial charge in [-0.3, -0.25) is 4.79 Å². The zero-order chi connectivity index (χ0) is 17.2. The highest BCUT2D eigenvalue weighted by Gasteiger charge is 2.24. The summed E-state index contributed by atoms with van der Waals surface area (Å²) in [5.74, 6) is 0.327. The topological polar surface area (TPSA) is 66.5 Å². The molecule has 1 aliphatic heterocycles. The quantitative estimate of drug-likeness (QED) is 0.915. The van der Waals surface area contributed by atoms with E-state index < -0.39 is 10.0 Å². The first-order valence-electron chi connectivity index (χ1n) is 8.06. The van der Waals surface area contributed by atoms with Gasteiger partial charge in [-0.15, -0.1) is 0 Å². The molecule has 5 nitrogen and oxygen atoms in total. The van der Waals surface area contributed by atoms with E-state index in [0.717, 1.165) is 18.4 Å². The molecular formula is C17H26N2O3S. The largest absolute Gasteiger partial charge is 0.341 e. The van der Waals surface area contributed by atoms with Crippen molar-refractivity contribution in [3.63, 3.8) is 0 Å². The van der Waals surface area contributed by atoms with Crippen molar-refractivity contribution in [2.45, 2.75) is 45.4 Å². The number of nitrogens with zero attached hydrogens (tertiary/aromatic N) is 1. The summed E-state index contributed by atoms with van der Waals surface area (Å²) in [6.07, 6.45) is 2.10. The fraction of sp³-hybridized carbons (Fsp3) is 0.588. The lowest BCUT2D eigenvalue weighted by Crippen LogP contribution is -2.44. The first-order valence-corrected chi connectivity index (χ1v) is 9.54. The molecule has 1 saturated heterocycles. The minimum Gasteiger partial charge on any atom is -0.341 e. The molecule has 0 aliphatic carbocycles. The molecule has 23 heavy (non-hydrogen) atoms. The maximum Gasteiger partial charge on any atom is 0.241 e. The molecule has 1 aliphatic rings. The molecule has 1 fully saturated rings. The van der Waals surface area contributed by atoms with Gasteiger partial charge in [0.05, 0.1) is 11.4 Å². The smallest absolute Gasteiger partial charge is 0.241 e. The Morgan fingerprint density at radius 3 is 2.43 bits per heavy atom. The highest BCUT2D eigenvalue weighted by molar-refractivity contribution is 7.89. The van der Waals surface area contributed by atoms with Gasteiger partial charge in [0.2, 0.25) is 15.9 Å². The molecule has 1 amide bonds. The molecular weight excluding hydrogens is 312 g/mol. The van der Waals surface area contributed by atoms with E-state index in [-0.39, 0.29) is 17.3 Å². The van der Waals surface area contributed by atoms with Crippen LogP contribution >= 0.6 is 0 Å². The second-order valence-corrected chi connectivity index (χ2v) is 8.34. The van der Waals surface area contributed by atoms with Gasteiger partial charge in [-0.2, -0.15) is 0 Å². The van der Waals surface area contributed by atoms with Crippen LogP contribution in [0.4, 0.5) is 0 Å². The molecule has 0 aromatic heterocycles. The first kappa shape index (κ1) is 17.9. The number of nitrogens with one attached hydrogen (secondary N) is 1. The van der Waals surface area contributed by atoms with Gasteiger partial charge in [0.25, 0.3) is 0 Å². The highest BCUT2D eigenvalue weighted by Crippen LogP contribution is 2.21. The summed E-state index contributed by atoms with van der Waals surface area (Å²) in [7, 11) is -3.68. The highest BCUT2D eigenvalue weighted by atomic mass is 32.2. The van der Waals surface area contributed by atoms with E-state index in [4.69, 9.17) is 0 Å². The third-order valence-corrected chi connectivity index (χ3v) is 6.00. The van der Waals surface area contributed by atoms with Crippen molar-refractivity contribution >= 4 is 15.9 Å². The molecule has 0 radical (unpaired) electrons. The maximum atomic E-state index is 12.6. The van der Waals surface area contributed by atoms with Crippen LogP contribution in [0.15, 0.2) is 17.0 Å². The lowest BCUT2D eigenvalue weighted by molar-refractivity contribution is -0.131. The fourth-order valence-corrected chi connectivity index (χ4v) is 4.77. The molecule has 0 saturated carbocycles. The van der Waals surface area contributed by atoms with Crippen LogP contribution in [0.3, 0.4) is 0 Å². The number of rotatable bonds is 4. The average Bonchev–Trinajstić information content (AvgIpc) is 2.43. The van der Waals surface area contributed by atoms with Crippen molar-refractivity contribution in [2.75, 3.05) is 19.6 Å². The van der Waals surface area contributed by atoms with Crippen LogP contribution in [0.1, 0.15) is 36.5 Å². The lowest BCUT2D eigenvalue weighted by Gasteiger charge is -2.31. The molecule has 1 unspecified atom stereocenters. The molecule has 128 valence electrons. The SMILES string of the molecule is Cc1cc(C)c(S(=O)(=O)NCC(=O)N2CCCC(C)C2)c(C)c1. The summed E-state index contributed by atoms with van der Waals surface area (Å²) in [5, 5.41) is 0. The van der Waals surface area contributed by atoms with Gasteiger partial charge in [0, 0.05) is 13.1 Å². The Kier molecular flexibility index (Phi) is 5.47. The summed E-state index contributed by atoms with van der Waals surface area (Å²) in [6.45, 7) is 8.86. The van der Waals surface area contributed by atoms with E-state index >= 15 is 0 Å². The Bertz CT molecular complexity index is 675. The third kappa shape index (κ3) is 4.32. The minimum atomic E-state index is -3.68. The summed E-state index contributed by atoms with van der Waals surface area (Å²) in [6, 6.07) is 3.69. The first-order chi connectivity index (χ1) is 10.7. The van der Waals surface area contributed by atoms with E-state index in [9.17, 15) is 13.2 Å². The van der Waals surface area contributed by atoms with Crippen LogP contribution < -0.4 is 4.72 Å². The number of amides is 1. The Hall–Kier alpha value is -1.40. The van der Waals surface area contributed by atoms with Crippen LogP contribution in [-0.2, 0) is 14.8 Å². The monoisotopic (exact) mass is 338 g/mol. The predicted octanol–water partition coefficient (Wildman–Crippen LogP) is 2.15. The molecule has 2 rings (SSSR count). The number of hydrogen-bond donors (Lipinski definition) is 1. The number of likely N-dealkylation sites (tertiary alicyclic amines) is 1. The van der Waals surface area contributed by atoms with E-state index in [1.165, 1.54) is 0 Å². The van der Waals surface area contributed by atoms with E-state index in [2.05, 4.69) is 11.6 Å². The molecule has 1 atom stereocenters. The van der Waals surface area contributed by atoms with Gasteiger partial charge in [0.1, 0.15) is 0 Å². The number of benzene rings is 1. The molecule has 1 aromatic carbocycles. The normalized spacial score (nSPS) is 19.0. The van der Waals surface area contributed by atoms with Gasteiger partial charge in [-0.05, 0) is 50.7 Å². The van der Waals surface area contributed by atoms with E-state index in [1.54, 1.807) is 18.7 Å². The molecule has 1 heterocycles. The van der Waals surface area contributed by atoms with Crippen LogP contribution in [0.25, 0.3) is 0 Å². The zero-order valence-electron chi connectivity index (χ0n) is 14.3. The third-order valence-electron chi connectivity index (χ3n) is 4.30. The molecule has 1 aromatic rings. The lowest BCUT2D eigenvalue weighted by atomic mass is 10.0. The molecule has 0 spiro atoms. The second kappa shape index (κ2) is 7.01. The van der Waals surface area contributed by atoms with Crippen molar-refractivity contribution in [1.82, 2.24) is 9.62 Å². The Balaban J connectivity index is 2.09. The van der Waals surface area contributed by atoms with Gasteiger partial charge < -0.3 is 4.90 Å². The summed E-state index contributed by atoms with van der Waals surface area (Å²) in [4.78, 5) is 14.3. The fourth-order valence-electron chi connectivity index (χ4n) is 3.35. The Morgan fingerprint density at radius 1 is 1.26 bits per heavy atom. The van der Waals surface area contributed by atoms with Crippen LogP contribution in [0.5, 0.6) is 0 Å². The number of aryl methyl sites for hydroxylation is 3. The van der Waals surface area contributed by atoms with Gasteiger partial charge in [-0.1, -0.05) is 24.6 Å². The average molecular weight is 338 g/mol. The molecule has 0 bridgehead atoms. The van der Waals surface area contributed by atoms with E-state index in [0.29, 0.717) is 30.1 Å². The summed E-state index contributed by atoms with van der Waals surface area (Å²) in [5.41, 5.74) is 2.43. The van der Waals surface area contributed by atoms with Crippen molar-refractivity contribution in [2.24, 2.45) is 5.92 Å². The van der Waals surface area contributed by atoms with Crippen molar-refractivity contribution in [3.05, 3.63) is 28.8 Å². The predicted molar refractivity (Wildman–Crippen MR) is 90.8 cm³/mol. The molecule has 1 N–H and O–H groups in total. The minimum absolute atomic E-state index is 0.150. The van der Waals surface area contributed by atoms with Gasteiger partial charge >= 0.3 is 0 Å². The number of hydrogen-bond acceptors (Lipinski definition) is 3. The van der Waals surface area contributed by atoms with Crippen LogP contribution in [0, 0.1) is 26.7 Å². The summed E-state index contributed by atoms with van der Waals surface area (Å²) < 4.78 is 27.6. The molecule has 6 heteroatoms. The summed E-state index contributed by atoms with van der Waals surface area (Å²) >= 11 is 0. The zero-order valence-corrected chi connectivity index (χ0v) is 15.2. The maximum absolute atomic E-state index is 12.6. The van der Waals surface area contributed by atoms with E-state index in [1.807, 2.05) is 19.1 Å². The van der Waals surface area contributed by atoms with Crippen LogP contribution in [0.2, 0.25) is 0 Å². The second-order valence-electron chi connectivity index (χ2n) is 6.64. The number of piperidine rings is 1. The number of carbonyl (C=O) groups excluding carboxylic acids is 1. The Labute approximate surface area is 139 Å². The van der Waals surface area contributed by atoms with Crippen molar-refractivity contribution in [3.8, 4) is 0 Å². The van der Waals surface area contributed by atoms with Gasteiger partial charge in [-0.25, -0.2) is 13.1 Å². The van der Waals surface area contributed by atoms with Crippen molar-refractivity contribution in [1.29, 1.82) is 0 Å². The van der Waals surface area contributed by atoms with Crippen LogP contribution in [-0.4, -0.2) is 38.9 Å². The number of sulfonamides is 1.